The highest BCUT2D eigenvalue weighted by molar-refractivity contribution is 5.96. The van der Waals surface area contributed by atoms with E-state index in [1.165, 1.54) is 22.3 Å². The molecule has 0 heterocycles. The third-order valence-corrected chi connectivity index (χ3v) is 17.4. The molecule has 0 spiro atoms. The van der Waals surface area contributed by atoms with E-state index in [1.54, 1.807) is 24.3 Å². The van der Waals surface area contributed by atoms with Gasteiger partial charge in [-0.05, 0) is 215 Å². The third kappa shape index (κ3) is 17.9. The molecule has 0 aromatic heterocycles. The van der Waals surface area contributed by atoms with Crippen molar-refractivity contribution in [1.29, 1.82) is 0 Å². The molecule has 10 heteroatoms. The van der Waals surface area contributed by atoms with Crippen LogP contribution in [0.15, 0.2) is 257 Å². The topological polar surface area (TPSA) is 112 Å². The van der Waals surface area contributed by atoms with Crippen LogP contribution >= 0.6 is 0 Å². The number of benzene rings is 10. The van der Waals surface area contributed by atoms with Gasteiger partial charge < -0.3 is 28.7 Å². The largest absolute Gasteiger partial charge is 0.460 e. The van der Waals surface area contributed by atoms with Gasteiger partial charge in [-0.3, -0.25) is 19.2 Å². The third-order valence-electron chi connectivity index (χ3n) is 17.4. The summed E-state index contributed by atoms with van der Waals surface area (Å²) in [4.78, 5) is 59.9. The maximum absolute atomic E-state index is 13.9. The lowest BCUT2D eigenvalue weighted by Crippen LogP contribution is -2.30. The van der Waals surface area contributed by atoms with Crippen LogP contribution in [0.2, 0.25) is 0 Å². The van der Waals surface area contributed by atoms with E-state index in [0.29, 0.717) is 0 Å². The fourth-order valence-corrected chi connectivity index (χ4v) is 11.1. The molecule has 0 saturated carbocycles. The lowest BCUT2D eigenvalue weighted by Gasteiger charge is -2.27. The molecule has 0 aliphatic rings. The molecule has 0 saturated heterocycles. The van der Waals surface area contributed by atoms with Gasteiger partial charge in [0.1, 0.15) is 26.4 Å². The summed E-state index contributed by atoms with van der Waals surface area (Å²) < 4.78 is 23.1. The first kappa shape index (κ1) is 67.5. The zero-order valence-corrected chi connectivity index (χ0v) is 55.0. The van der Waals surface area contributed by atoms with Crippen LogP contribution in [-0.2, 0) is 90.2 Å². The lowest BCUT2D eigenvalue weighted by molar-refractivity contribution is -0.165. The summed E-state index contributed by atoms with van der Waals surface area (Å²) in [5.74, 6) is -5.06. The van der Waals surface area contributed by atoms with Crippen molar-refractivity contribution in [3.05, 3.63) is 346 Å². The molecule has 10 rings (SSSR count). The number of aryl methyl sites for hydroxylation is 6. The van der Waals surface area contributed by atoms with E-state index in [2.05, 4.69) is 149 Å². The van der Waals surface area contributed by atoms with Crippen molar-refractivity contribution >= 4 is 82.3 Å². The number of carbonyl (C=O) groups is 4. The van der Waals surface area contributed by atoms with Gasteiger partial charge in [0.2, 0.25) is 0 Å². The minimum atomic E-state index is -1.20. The fraction of sp³-hybridized carbons (Fsp3) is 0.163. The van der Waals surface area contributed by atoms with Crippen molar-refractivity contribution in [2.75, 3.05) is 9.80 Å². The molecule has 0 aliphatic carbocycles. The normalized spacial score (nSPS) is 10.9. The molecule has 0 radical (unpaired) electrons. The number of nitrogens with zero attached hydrogens (tertiary/aromatic N) is 2. The number of carbonyl (C=O) groups excluding carboxylic acids is 4. The van der Waals surface area contributed by atoms with Gasteiger partial charge in [0.05, 0.1) is 0 Å². The summed E-state index contributed by atoms with van der Waals surface area (Å²) in [7, 11) is 0. The van der Waals surface area contributed by atoms with Crippen molar-refractivity contribution in [2.45, 2.75) is 79.8 Å². The van der Waals surface area contributed by atoms with E-state index in [4.69, 9.17) is 18.9 Å². The first-order valence-corrected chi connectivity index (χ1v) is 32.3. The maximum atomic E-state index is 13.9. The maximum Gasteiger partial charge on any atom is 0.321 e. The molecule has 10 aromatic rings. The summed E-state index contributed by atoms with van der Waals surface area (Å²) in [6.07, 6.45) is 8.76. The van der Waals surface area contributed by atoms with E-state index in [1.807, 2.05) is 146 Å². The van der Waals surface area contributed by atoms with Crippen LogP contribution in [0.1, 0.15) is 89.0 Å². The van der Waals surface area contributed by atoms with Gasteiger partial charge in [-0.2, -0.15) is 0 Å². The van der Waals surface area contributed by atoms with Gasteiger partial charge >= 0.3 is 23.9 Å². The Morgan fingerprint density at radius 2 is 0.510 bits per heavy atom. The van der Waals surface area contributed by atoms with Gasteiger partial charge in [-0.1, -0.05) is 208 Å². The molecule has 482 valence electrons. The van der Waals surface area contributed by atoms with Crippen LogP contribution in [0.4, 0.5) is 34.1 Å². The second-order valence-corrected chi connectivity index (χ2v) is 24.1. The van der Waals surface area contributed by atoms with E-state index < -0.39 is 35.7 Å². The quantitative estimate of drug-likeness (QED) is 0.0255. The summed E-state index contributed by atoms with van der Waals surface area (Å²) >= 11 is 0. The molecule has 0 amide bonds. The van der Waals surface area contributed by atoms with Crippen LogP contribution in [-0.4, -0.2) is 23.9 Å². The highest BCUT2D eigenvalue weighted by Crippen LogP contribution is 2.38. The minimum Gasteiger partial charge on any atom is -0.460 e. The molecule has 0 aliphatic heterocycles. The summed E-state index contributed by atoms with van der Waals surface area (Å²) in [5.41, 5.74) is 21.3. The summed E-state index contributed by atoms with van der Waals surface area (Å²) in [5, 5.41) is 0. The number of anilines is 6. The second kappa shape index (κ2) is 32.5. The number of hydrogen-bond donors (Lipinski definition) is 0. The van der Waals surface area contributed by atoms with Gasteiger partial charge in [-0.15, -0.1) is 0 Å². The molecule has 0 bridgehead atoms. The standard InChI is InChI=1S/C86H80N2O8/c1-9-63-15-25-71(26-16-63)55-93-83(89)81(84(90)94-56-72-27-17-64(10-2)18-28-72)53-69-37-47-77(48-38-69)87(79-41-13-59(5)61(7)51-79)75-43-33-67(34-44-75)23-24-68-35-45-76(46-36-68)88(80-42-14-60(6)62(8)52-80)78-49-39-70(40-50-78)54-82(85(91)95-57-73-29-19-65(11-3)20-30-73)86(92)96-58-74-31-21-66(12-4)22-32-74/h9-22,25-52,81-82H,1-4,23-24,53-58H2,5-8H3. The van der Waals surface area contributed by atoms with Crippen LogP contribution in [0.3, 0.4) is 0 Å². The fourth-order valence-electron chi connectivity index (χ4n) is 11.1. The Morgan fingerprint density at radius 1 is 0.292 bits per heavy atom. The Kier molecular flexibility index (Phi) is 22.8. The molecule has 10 nitrogen and oxygen atoms in total. The van der Waals surface area contributed by atoms with Crippen molar-refractivity contribution < 1.29 is 38.1 Å². The van der Waals surface area contributed by atoms with Gasteiger partial charge in [0.25, 0.3) is 0 Å². The van der Waals surface area contributed by atoms with Gasteiger partial charge in [0, 0.05) is 34.1 Å². The molecule has 10 aromatic carbocycles. The molecule has 0 atom stereocenters. The van der Waals surface area contributed by atoms with Crippen molar-refractivity contribution in [1.82, 2.24) is 0 Å². The van der Waals surface area contributed by atoms with Gasteiger partial charge in [0.15, 0.2) is 11.8 Å². The van der Waals surface area contributed by atoms with E-state index >= 15 is 0 Å². The molecule has 0 unspecified atom stereocenters. The van der Waals surface area contributed by atoms with Crippen molar-refractivity contribution in [3.63, 3.8) is 0 Å². The molecular formula is C86H80N2O8. The zero-order valence-electron chi connectivity index (χ0n) is 55.0. The number of esters is 4. The SMILES string of the molecule is C=Cc1ccc(COC(=O)C(Cc2ccc(N(c3ccc(CCc4ccc(N(c5ccc(CC(C(=O)OCc6ccc(C=C)cc6)C(=O)OCc6ccc(C=C)cc6)cc5)c5ccc(C)c(C)c5)cc4)cc3)c3ccc(C)c(C)c3)cc2)C(=O)OCc2ccc(C=C)cc2)cc1. The first-order valence-electron chi connectivity index (χ1n) is 32.3. The highest BCUT2D eigenvalue weighted by Gasteiger charge is 2.32. The Morgan fingerprint density at radius 3 is 0.740 bits per heavy atom. The number of hydrogen-bond acceptors (Lipinski definition) is 10. The minimum absolute atomic E-state index is 0.00432. The summed E-state index contributed by atoms with van der Waals surface area (Å²) in [6.45, 7) is 23.7. The van der Waals surface area contributed by atoms with E-state index in [9.17, 15) is 19.2 Å². The molecular weight excluding hydrogens is 1190 g/mol. The highest BCUT2D eigenvalue weighted by atomic mass is 16.6. The Balaban J connectivity index is 0.830. The average Bonchev–Trinajstić information content (AvgIpc) is 0.831. The predicted octanol–water partition coefficient (Wildman–Crippen LogP) is 19.5. The Bertz CT molecular complexity index is 3930. The van der Waals surface area contributed by atoms with Crippen LogP contribution in [0.25, 0.3) is 24.3 Å². The van der Waals surface area contributed by atoms with Crippen molar-refractivity contribution in [3.8, 4) is 0 Å². The first-order chi connectivity index (χ1) is 46.6. The molecule has 0 fully saturated rings. The van der Waals surface area contributed by atoms with Crippen molar-refractivity contribution in [2.24, 2.45) is 11.8 Å². The monoisotopic (exact) mass is 1270 g/mol. The smallest absolute Gasteiger partial charge is 0.321 e. The Hall–Kier alpha value is -11.4. The van der Waals surface area contributed by atoms with Crippen LogP contribution in [0, 0.1) is 39.5 Å². The second-order valence-electron chi connectivity index (χ2n) is 24.1. The van der Waals surface area contributed by atoms with E-state index in [0.717, 1.165) is 114 Å². The van der Waals surface area contributed by atoms with Gasteiger partial charge in [-0.25, -0.2) is 0 Å². The van der Waals surface area contributed by atoms with Crippen LogP contribution < -0.4 is 9.80 Å². The number of rotatable bonds is 29. The lowest BCUT2D eigenvalue weighted by atomic mass is 9.98. The number of ether oxygens (including phenoxy) is 4. The Labute approximate surface area is 564 Å². The molecule has 0 N–H and O–H groups in total. The van der Waals surface area contributed by atoms with Crippen LogP contribution in [0.5, 0.6) is 0 Å². The predicted molar refractivity (Wildman–Crippen MR) is 388 cm³/mol. The van der Waals surface area contributed by atoms with E-state index in [-0.39, 0.29) is 39.3 Å². The average molecular weight is 1270 g/mol. The molecule has 96 heavy (non-hydrogen) atoms. The summed E-state index contributed by atoms with van der Waals surface area (Å²) in [6, 6.07) is 76.3. The zero-order chi connectivity index (χ0) is 67.5.